The minimum absolute atomic E-state index is 0.0338. The Morgan fingerprint density at radius 2 is 1.82 bits per heavy atom. The maximum Gasteiger partial charge on any atom is 0.290 e. The molecule has 7 heteroatoms. The highest BCUT2D eigenvalue weighted by molar-refractivity contribution is 8.18. The van der Waals surface area contributed by atoms with Crippen LogP contribution in [0.15, 0.2) is 35.4 Å². The van der Waals surface area contributed by atoms with Crippen LogP contribution in [0.1, 0.15) is 49.7 Å². The van der Waals surface area contributed by atoms with Gasteiger partial charge in [-0.05, 0) is 103 Å². The van der Waals surface area contributed by atoms with E-state index < -0.39 is 0 Å². The maximum absolute atomic E-state index is 11.8. The molecule has 0 spiro atoms. The molecule has 2 aromatic rings. The number of nitrogens with zero attached hydrogens (tertiary/aromatic N) is 1. The lowest BCUT2D eigenvalue weighted by atomic mass is 9.48. The zero-order chi connectivity index (χ0) is 22.7. The normalized spacial score (nSPS) is 31.3. The minimum Gasteiger partial charge on any atom is -0.504 e. The van der Waals surface area contributed by atoms with E-state index in [-0.39, 0.29) is 22.3 Å². The van der Waals surface area contributed by atoms with E-state index in [0.717, 1.165) is 71.2 Å². The van der Waals surface area contributed by atoms with Crippen molar-refractivity contribution in [2.75, 3.05) is 7.11 Å². The van der Waals surface area contributed by atoms with Crippen LogP contribution in [0.2, 0.25) is 0 Å². The summed E-state index contributed by atoms with van der Waals surface area (Å²) in [7, 11) is 1.59. The molecule has 5 aliphatic rings. The zero-order valence-electron chi connectivity index (χ0n) is 18.5. The fourth-order valence-corrected chi connectivity index (χ4v) is 7.67. The summed E-state index contributed by atoms with van der Waals surface area (Å²) in [6.45, 7) is 0. The molecule has 0 radical (unpaired) electrons. The summed E-state index contributed by atoms with van der Waals surface area (Å²) in [6, 6.07) is 7.75. The highest BCUT2D eigenvalue weighted by atomic mass is 32.2. The Morgan fingerprint density at radius 1 is 1.12 bits per heavy atom. The van der Waals surface area contributed by atoms with Crippen molar-refractivity contribution in [1.82, 2.24) is 10.3 Å². The Bertz CT molecular complexity index is 1150. The number of imide groups is 1. The Balaban J connectivity index is 1.36. The number of methoxy groups -OCH3 is 1. The number of phenolic OH excluding ortho intramolecular Hbond substituents is 1. The van der Waals surface area contributed by atoms with Crippen molar-refractivity contribution in [3.63, 3.8) is 0 Å². The summed E-state index contributed by atoms with van der Waals surface area (Å²) in [5.41, 5.74) is 3.49. The molecule has 5 fully saturated rings. The molecule has 170 valence electrons. The molecule has 2 amide bonds. The third kappa shape index (κ3) is 3.53. The minimum atomic E-state index is -0.377. The highest BCUT2D eigenvalue weighted by Gasteiger charge is 2.52. The van der Waals surface area contributed by atoms with Gasteiger partial charge >= 0.3 is 0 Å². The monoisotopic (exact) mass is 462 g/mol. The molecule has 0 unspecified atom stereocenters. The number of amides is 2. The van der Waals surface area contributed by atoms with Crippen LogP contribution in [0.3, 0.4) is 0 Å². The Labute approximate surface area is 196 Å². The van der Waals surface area contributed by atoms with Crippen LogP contribution in [0.5, 0.6) is 11.5 Å². The second kappa shape index (κ2) is 7.62. The van der Waals surface area contributed by atoms with Crippen molar-refractivity contribution < 1.29 is 19.4 Å². The van der Waals surface area contributed by atoms with Gasteiger partial charge in [-0.25, -0.2) is 0 Å². The van der Waals surface area contributed by atoms with Gasteiger partial charge in [-0.2, -0.15) is 0 Å². The number of hydrogen-bond acceptors (Lipinski definition) is 6. The Morgan fingerprint density at radius 3 is 2.36 bits per heavy atom. The van der Waals surface area contributed by atoms with Crippen molar-refractivity contribution in [3.8, 4) is 22.8 Å². The van der Waals surface area contributed by atoms with Gasteiger partial charge in [0.1, 0.15) is 0 Å². The third-order valence-electron chi connectivity index (χ3n) is 7.93. The van der Waals surface area contributed by atoms with Crippen LogP contribution < -0.4 is 10.1 Å². The number of benzene rings is 1. The second-order valence-corrected chi connectivity index (χ2v) is 11.1. The first kappa shape index (κ1) is 20.8. The molecule has 33 heavy (non-hydrogen) atoms. The predicted octanol–water partition coefficient (Wildman–Crippen LogP) is 5.25. The number of phenols is 1. The summed E-state index contributed by atoms with van der Waals surface area (Å²) in [4.78, 5) is 28.2. The van der Waals surface area contributed by atoms with Crippen molar-refractivity contribution in [2.24, 2.45) is 17.8 Å². The van der Waals surface area contributed by atoms with Gasteiger partial charge in [0.05, 0.1) is 17.7 Å². The second-order valence-electron chi connectivity index (χ2n) is 10.1. The highest BCUT2D eigenvalue weighted by Crippen LogP contribution is 2.62. The van der Waals surface area contributed by atoms with E-state index in [9.17, 15) is 14.7 Å². The van der Waals surface area contributed by atoms with Gasteiger partial charge < -0.3 is 9.84 Å². The van der Waals surface area contributed by atoms with Gasteiger partial charge in [-0.15, -0.1) is 0 Å². The number of nitrogens with one attached hydrogen (secondary N) is 1. The van der Waals surface area contributed by atoms with E-state index in [1.807, 2.05) is 18.2 Å². The smallest absolute Gasteiger partial charge is 0.290 e. The molecule has 4 aliphatic carbocycles. The standard InChI is InChI=1S/C26H26N2O4S/c1-32-21-9-18(20-3-2-14(13-27-20)7-22-24(30)28-25(31)33-22)8-19(23(21)29)26-10-15-4-16(11-26)6-17(5-15)12-26/h2-3,7-9,13,15-17,29H,4-6,10-12H2,1H3,(H,28,30,31). The van der Waals surface area contributed by atoms with Crippen LogP contribution >= 0.6 is 11.8 Å². The summed E-state index contributed by atoms with van der Waals surface area (Å²) in [5.74, 6) is 2.70. The van der Waals surface area contributed by atoms with Crippen molar-refractivity contribution in [2.45, 2.75) is 43.9 Å². The van der Waals surface area contributed by atoms with Gasteiger partial charge in [0.15, 0.2) is 11.5 Å². The number of aromatic hydroxyl groups is 1. The van der Waals surface area contributed by atoms with E-state index in [2.05, 4.69) is 16.4 Å². The Hall–Kier alpha value is -2.80. The van der Waals surface area contributed by atoms with Gasteiger partial charge in [-0.1, -0.05) is 6.07 Å². The predicted molar refractivity (Wildman–Crippen MR) is 127 cm³/mol. The van der Waals surface area contributed by atoms with Gasteiger partial charge in [0.25, 0.3) is 11.1 Å². The van der Waals surface area contributed by atoms with Crippen LogP contribution in [0.25, 0.3) is 17.3 Å². The van der Waals surface area contributed by atoms with E-state index in [1.54, 1.807) is 19.4 Å². The van der Waals surface area contributed by atoms with Crippen molar-refractivity contribution in [3.05, 3.63) is 46.5 Å². The summed E-state index contributed by atoms with van der Waals surface area (Å²) >= 11 is 0.894. The molecule has 7 rings (SSSR count). The van der Waals surface area contributed by atoms with Crippen LogP contribution in [-0.4, -0.2) is 28.3 Å². The molecule has 4 bridgehead atoms. The number of carbonyl (C=O) groups excluding carboxylic acids is 2. The average molecular weight is 463 g/mol. The summed E-state index contributed by atoms with van der Waals surface area (Å²) in [6.07, 6.45) is 10.8. The van der Waals surface area contributed by atoms with Crippen molar-refractivity contribution in [1.29, 1.82) is 0 Å². The molecule has 2 N–H and O–H groups in total. The molecule has 1 aromatic heterocycles. The van der Waals surface area contributed by atoms with Crippen LogP contribution in [-0.2, 0) is 10.2 Å². The third-order valence-corrected chi connectivity index (χ3v) is 8.74. The number of thioether (sulfide) groups is 1. The molecule has 1 saturated heterocycles. The first-order valence-electron chi connectivity index (χ1n) is 11.6. The van der Waals surface area contributed by atoms with Crippen LogP contribution in [0.4, 0.5) is 4.79 Å². The fourth-order valence-electron chi connectivity index (χ4n) is 6.99. The first-order chi connectivity index (χ1) is 15.9. The molecule has 4 saturated carbocycles. The van der Waals surface area contributed by atoms with Gasteiger partial charge in [0, 0.05) is 17.3 Å². The quantitative estimate of drug-likeness (QED) is 0.603. The zero-order valence-corrected chi connectivity index (χ0v) is 19.3. The lowest BCUT2D eigenvalue weighted by molar-refractivity contribution is -0.115. The number of carbonyl (C=O) groups is 2. The van der Waals surface area contributed by atoms with E-state index in [0.29, 0.717) is 10.7 Å². The number of pyridine rings is 1. The topological polar surface area (TPSA) is 88.5 Å². The molecular weight excluding hydrogens is 436 g/mol. The first-order valence-corrected chi connectivity index (χ1v) is 12.4. The Kier molecular flexibility index (Phi) is 4.80. The molecule has 1 aromatic carbocycles. The summed E-state index contributed by atoms with van der Waals surface area (Å²) < 4.78 is 5.58. The van der Waals surface area contributed by atoms with E-state index in [1.165, 1.54) is 19.3 Å². The van der Waals surface area contributed by atoms with Crippen LogP contribution in [0, 0.1) is 17.8 Å². The lowest BCUT2D eigenvalue weighted by Crippen LogP contribution is -2.48. The maximum atomic E-state index is 11.8. The van der Waals surface area contributed by atoms with E-state index >= 15 is 0 Å². The average Bonchev–Trinajstić information content (AvgIpc) is 3.10. The molecule has 1 aliphatic heterocycles. The number of hydrogen-bond donors (Lipinski definition) is 2. The summed E-state index contributed by atoms with van der Waals surface area (Å²) in [5, 5.41) is 13.1. The van der Waals surface area contributed by atoms with Crippen molar-refractivity contribution >= 4 is 29.0 Å². The number of ether oxygens (including phenoxy) is 1. The van der Waals surface area contributed by atoms with Gasteiger partial charge in [-0.3, -0.25) is 19.9 Å². The van der Waals surface area contributed by atoms with Gasteiger partial charge in [0.2, 0.25) is 0 Å². The molecule has 6 nitrogen and oxygen atoms in total. The molecular formula is C26H26N2O4S. The molecule has 0 atom stereocenters. The van der Waals surface area contributed by atoms with E-state index in [4.69, 9.17) is 4.74 Å². The molecule has 2 heterocycles. The lowest BCUT2D eigenvalue weighted by Gasteiger charge is -2.57. The number of aromatic nitrogens is 1. The number of rotatable bonds is 4. The largest absolute Gasteiger partial charge is 0.504 e. The fraction of sp³-hybridized carbons (Fsp3) is 0.423. The SMILES string of the molecule is COc1cc(-c2ccc(C=C3SC(=O)NC3=O)cn2)cc(C23CC4CC(CC(C4)C2)C3)c1O.